The lowest BCUT2D eigenvalue weighted by Crippen LogP contribution is -2.53. The number of carboxylic acids is 1. The number of aliphatic carboxylic acids is 1. The first-order valence-electron chi connectivity index (χ1n) is 16.7. The van der Waals surface area contributed by atoms with Crippen molar-refractivity contribution in [3.8, 4) is 5.75 Å². The first-order chi connectivity index (χ1) is 24.9. The molecular formula is C36H44F3N5O9. The smallest absolute Gasteiger partial charge is 0.490 e. The number of nitrogens with one attached hydrogen (secondary N) is 4. The second-order valence-corrected chi connectivity index (χ2v) is 13.1. The largest absolute Gasteiger partial charge is 0.496 e. The van der Waals surface area contributed by atoms with Crippen molar-refractivity contribution in [2.75, 3.05) is 34.4 Å². The molecule has 1 fully saturated rings. The number of esters is 1. The highest BCUT2D eigenvalue weighted by molar-refractivity contribution is 6.02. The standard InChI is InChI=1S/C34H43N5O7.C2HF3O2/c1-20(2)15-27(38-33(43)28-17-24-25(36-28)11-8-12-30(24)45-5)32(42)37-26(16-21-13-14-35-31(21)41)29(40)19-46-34(44)23-10-7-6-9-22(23)18-39(3)4;3-2(4,5)1(6)7/h6-12,17,20-21,26-27,36H,13-16,18-19H2,1-5H3,(H,35,41)(H,37,42)(H,38,43);(H,6,7)/t21-,26-,27-;/m0./s1. The number of carbonyl (C=O) groups excluding carboxylic acids is 5. The van der Waals surface area contributed by atoms with Crippen molar-refractivity contribution in [2.45, 2.75) is 57.9 Å². The van der Waals surface area contributed by atoms with E-state index in [-0.39, 0.29) is 23.9 Å². The normalized spacial score (nSPS) is 15.2. The fourth-order valence-electron chi connectivity index (χ4n) is 5.58. The van der Waals surface area contributed by atoms with Gasteiger partial charge in [-0.3, -0.25) is 19.2 Å². The molecule has 288 valence electrons. The predicted octanol–water partition coefficient (Wildman–Crippen LogP) is 3.45. The molecule has 0 aliphatic carbocycles. The van der Waals surface area contributed by atoms with E-state index < -0.39 is 60.3 Å². The molecule has 3 aromatic rings. The van der Waals surface area contributed by atoms with Crippen LogP contribution in [0.3, 0.4) is 0 Å². The van der Waals surface area contributed by atoms with Gasteiger partial charge in [-0.1, -0.05) is 38.1 Å². The van der Waals surface area contributed by atoms with Crippen molar-refractivity contribution in [3.05, 3.63) is 65.4 Å². The third-order valence-corrected chi connectivity index (χ3v) is 8.12. The maximum atomic E-state index is 13.7. The molecule has 0 unspecified atom stereocenters. The van der Waals surface area contributed by atoms with Gasteiger partial charge in [0, 0.05) is 29.9 Å². The Labute approximate surface area is 303 Å². The average Bonchev–Trinajstić information content (AvgIpc) is 3.71. The number of aromatic amines is 1. The Morgan fingerprint density at radius 1 is 1.02 bits per heavy atom. The zero-order valence-electron chi connectivity index (χ0n) is 30.0. The summed E-state index contributed by atoms with van der Waals surface area (Å²) in [6.45, 7) is 4.21. The van der Waals surface area contributed by atoms with Crippen LogP contribution in [0.5, 0.6) is 5.75 Å². The number of nitrogens with zero attached hydrogens (tertiary/aromatic N) is 1. The minimum Gasteiger partial charge on any atom is -0.496 e. The number of carbonyl (C=O) groups is 6. The Bertz CT molecular complexity index is 1790. The fraction of sp³-hybridized carbons (Fsp3) is 0.444. The molecule has 3 atom stereocenters. The number of ketones is 1. The number of alkyl halides is 3. The van der Waals surface area contributed by atoms with Crippen molar-refractivity contribution >= 4 is 46.3 Å². The summed E-state index contributed by atoms with van der Waals surface area (Å²) in [7, 11) is 5.30. The lowest BCUT2D eigenvalue weighted by Gasteiger charge is -2.25. The number of hydrogen-bond donors (Lipinski definition) is 5. The molecule has 2 aromatic carbocycles. The highest BCUT2D eigenvalue weighted by Crippen LogP contribution is 2.26. The van der Waals surface area contributed by atoms with Crippen LogP contribution in [0.4, 0.5) is 13.2 Å². The van der Waals surface area contributed by atoms with Gasteiger partial charge in [-0.25, -0.2) is 9.59 Å². The van der Waals surface area contributed by atoms with Crippen molar-refractivity contribution in [2.24, 2.45) is 11.8 Å². The predicted molar refractivity (Wildman–Crippen MR) is 186 cm³/mol. The summed E-state index contributed by atoms with van der Waals surface area (Å²) < 4.78 is 42.5. The number of rotatable bonds is 15. The topological polar surface area (TPSA) is 196 Å². The lowest BCUT2D eigenvalue weighted by molar-refractivity contribution is -0.192. The van der Waals surface area contributed by atoms with E-state index in [1.807, 2.05) is 51.0 Å². The van der Waals surface area contributed by atoms with Gasteiger partial charge in [0.05, 0.1) is 18.7 Å². The minimum absolute atomic E-state index is 0.0248. The number of Topliss-reactive ketones (excluding diaryl/α,β-unsaturated/α-hetero) is 1. The average molecular weight is 748 g/mol. The molecule has 5 N–H and O–H groups in total. The van der Waals surface area contributed by atoms with E-state index in [9.17, 15) is 37.1 Å². The maximum absolute atomic E-state index is 13.7. The number of H-pyrrole nitrogens is 1. The van der Waals surface area contributed by atoms with Gasteiger partial charge in [0.2, 0.25) is 11.8 Å². The van der Waals surface area contributed by atoms with Gasteiger partial charge in [0.15, 0.2) is 12.4 Å². The summed E-state index contributed by atoms with van der Waals surface area (Å²) in [5, 5.41) is 16.2. The molecule has 14 nitrogen and oxygen atoms in total. The second-order valence-electron chi connectivity index (χ2n) is 13.1. The molecular weight excluding hydrogens is 703 g/mol. The summed E-state index contributed by atoms with van der Waals surface area (Å²) in [4.78, 5) is 79.7. The molecule has 1 aliphatic heterocycles. The quantitative estimate of drug-likeness (QED) is 0.144. The molecule has 4 rings (SSSR count). The number of aromatic nitrogens is 1. The van der Waals surface area contributed by atoms with Gasteiger partial charge in [-0.05, 0) is 69.1 Å². The number of benzene rings is 2. The van der Waals surface area contributed by atoms with Gasteiger partial charge in [0.25, 0.3) is 5.91 Å². The molecule has 17 heteroatoms. The Morgan fingerprint density at radius 2 is 1.70 bits per heavy atom. The lowest BCUT2D eigenvalue weighted by atomic mass is 9.95. The van der Waals surface area contributed by atoms with Crippen LogP contribution in [0.2, 0.25) is 0 Å². The van der Waals surface area contributed by atoms with Crippen LogP contribution in [0.25, 0.3) is 10.9 Å². The zero-order valence-corrected chi connectivity index (χ0v) is 30.0. The van der Waals surface area contributed by atoms with Gasteiger partial charge in [-0.15, -0.1) is 0 Å². The van der Waals surface area contributed by atoms with Crippen molar-refractivity contribution in [1.82, 2.24) is 25.8 Å². The van der Waals surface area contributed by atoms with Gasteiger partial charge >= 0.3 is 18.1 Å². The van der Waals surface area contributed by atoms with Gasteiger partial charge in [0.1, 0.15) is 17.5 Å². The van der Waals surface area contributed by atoms with E-state index in [2.05, 4.69) is 20.9 Å². The van der Waals surface area contributed by atoms with Crippen LogP contribution in [-0.4, -0.2) is 103 Å². The Balaban J connectivity index is 0.000000980. The van der Waals surface area contributed by atoms with Crippen LogP contribution >= 0.6 is 0 Å². The van der Waals surface area contributed by atoms with E-state index in [0.717, 1.165) is 10.9 Å². The third kappa shape index (κ3) is 12.3. The van der Waals surface area contributed by atoms with Crippen LogP contribution in [0, 0.1) is 11.8 Å². The third-order valence-electron chi connectivity index (χ3n) is 8.12. The van der Waals surface area contributed by atoms with E-state index >= 15 is 0 Å². The second kappa shape index (κ2) is 18.9. The summed E-state index contributed by atoms with van der Waals surface area (Å²) in [5.41, 5.74) is 2.04. The summed E-state index contributed by atoms with van der Waals surface area (Å²) in [5.74, 6) is -5.11. The van der Waals surface area contributed by atoms with Gasteiger partial charge in [-0.2, -0.15) is 13.2 Å². The van der Waals surface area contributed by atoms with Crippen molar-refractivity contribution < 1.29 is 56.5 Å². The zero-order chi connectivity index (χ0) is 39.5. The fourth-order valence-corrected chi connectivity index (χ4v) is 5.58. The monoisotopic (exact) mass is 747 g/mol. The van der Waals surface area contributed by atoms with Crippen LogP contribution in [0.1, 0.15) is 59.5 Å². The first kappa shape index (κ1) is 42.0. The van der Waals surface area contributed by atoms with Gasteiger partial charge < -0.3 is 40.4 Å². The van der Waals surface area contributed by atoms with E-state index in [0.29, 0.717) is 42.8 Å². The van der Waals surface area contributed by atoms with E-state index in [1.165, 1.54) is 0 Å². The Kier molecular flexibility index (Phi) is 14.9. The first-order valence-corrected chi connectivity index (χ1v) is 16.7. The van der Waals surface area contributed by atoms with Crippen LogP contribution in [0.15, 0.2) is 48.5 Å². The molecule has 0 spiro atoms. The summed E-state index contributed by atoms with van der Waals surface area (Å²) in [6.07, 6.45) is -4.24. The highest BCUT2D eigenvalue weighted by Gasteiger charge is 2.38. The van der Waals surface area contributed by atoms with E-state index in [1.54, 1.807) is 37.4 Å². The van der Waals surface area contributed by atoms with Crippen LogP contribution < -0.4 is 20.7 Å². The Hall–Kier alpha value is -5.45. The molecule has 2 heterocycles. The maximum Gasteiger partial charge on any atom is 0.490 e. The van der Waals surface area contributed by atoms with Crippen LogP contribution in [-0.2, 0) is 30.5 Å². The number of ether oxygens (including phenoxy) is 2. The molecule has 1 aromatic heterocycles. The summed E-state index contributed by atoms with van der Waals surface area (Å²) >= 11 is 0. The van der Waals surface area contributed by atoms with E-state index in [4.69, 9.17) is 19.4 Å². The molecule has 1 aliphatic rings. The molecule has 0 bridgehead atoms. The number of halogens is 3. The number of methoxy groups -OCH3 is 1. The molecule has 0 radical (unpaired) electrons. The number of hydrogen-bond acceptors (Lipinski definition) is 9. The highest BCUT2D eigenvalue weighted by atomic mass is 19.4. The Morgan fingerprint density at radius 3 is 2.28 bits per heavy atom. The van der Waals surface area contributed by atoms with Crippen molar-refractivity contribution in [1.29, 1.82) is 0 Å². The van der Waals surface area contributed by atoms with Crippen molar-refractivity contribution in [3.63, 3.8) is 0 Å². The molecule has 0 saturated carbocycles. The minimum atomic E-state index is -5.08. The SMILES string of the molecule is COc1cccc2[nH]c(C(=O)N[C@@H](CC(C)C)C(=O)N[C@@H](C[C@@H]3CCNC3=O)C(=O)COC(=O)c3ccccc3CN(C)C)cc12.O=C(O)C(F)(F)F. The molecule has 1 saturated heterocycles. The molecule has 53 heavy (non-hydrogen) atoms. The number of carboxylic acid groups (broad SMARTS) is 1. The molecule has 3 amide bonds. The summed E-state index contributed by atoms with van der Waals surface area (Å²) in [6, 6.07) is 12.0. The number of fused-ring (bicyclic) bond motifs is 1. The number of amides is 3.